The molecule has 0 spiro atoms. The first-order valence-corrected chi connectivity index (χ1v) is 14.1. The Bertz CT molecular complexity index is 1460. The van der Waals surface area contributed by atoms with Crippen LogP contribution in [0.15, 0.2) is 50.3 Å². The van der Waals surface area contributed by atoms with Gasteiger partial charge in [0.1, 0.15) is 16.9 Å². The maximum Gasteiger partial charge on any atom is 0.278 e. The maximum absolute atomic E-state index is 13.8. The van der Waals surface area contributed by atoms with Crippen LogP contribution in [0.5, 0.6) is 0 Å². The van der Waals surface area contributed by atoms with Crippen molar-refractivity contribution in [3.8, 4) is 0 Å². The van der Waals surface area contributed by atoms with Crippen LogP contribution in [0.3, 0.4) is 0 Å². The number of nitroso groups, excluding NO2 is 1. The van der Waals surface area contributed by atoms with Crippen LogP contribution in [-0.4, -0.2) is 45.3 Å². The van der Waals surface area contributed by atoms with E-state index in [1.165, 1.54) is 10.9 Å². The quantitative estimate of drug-likeness (QED) is 0.351. The minimum absolute atomic E-state index is 0.0140. The average Bonchev–Trinajstić information content (AvgIpc) is 3.40. The molecule has 2 aliphatic heterocycles. The van der Waals surface area contributed by atoms with Crippen LogP contribution < -0.4 is 21.9 Å². The van der Waals surface area contributed by atoms with Gasteiger partial charge in [-0.1, -0.05) is 34.0 Å². The number of nitrogens with two attached hydrogens (primary N) is 2. The molecule has 4 N–H and O–H groups in total. The highest BCUT2D eigenvalue weighted by atomic mass is 32.3. The van der Waals surface area contributed by atoms with Gasteiger partial charge in [-0.15, -0.1) is 4.91 Å². The van der Waals surface area contributed by atoms with E-state index in [0.29, 0.717) is 29.7 Å². The molecule has 11 heteroatoms. The average molecular weight is 510 g/mol. The molecule has 1 aromatic carbocycles. The summed E-state index contributed by atoms with van der Waals surface area (Å²) in [6, 6.07) is 7.31. The molecule has 0 radical (unpaired) electrons. The number of carbonyl (C=O) groups is 1. The Balaban J connectivity index is 1.63. The normalized spacial score (nSPS) is 23.3. The number of piperidine rings is 1. The van der Waals surface area contributed by atoms with Crippen molar-refractivity contribution in [2.24, 2.45) is 16.0 Å². The van der Waals surface area contributed by atoms with E-state index in [1.54, 1.807) is 6.07 Å². The van der Waals surface area contributed by atoms with Crippen molar-refractivity contribution in [3.63, 3.8) is 0 Å². The smallest absolute Gasteiger partial charge is 0.278 e. The number of ketones is 1. The summed E-state index contributed by atoms with van der Waals surface area (Å²) in [5, 5.41) is 1.88. The van der Waals surface area contributed by atoms with Crippen molar-refractivity contribution < 1.29 is 4.79 Å². The highest BCUT2D eigenvalue weighted by Gasteiger charge is 2.38. The molecule has 5 rings (SSSR count). The summed E-state index contributed by atoms with van der Waals surface area (Å²) >= 11 is 0. The van der Waals surface area contributed by atoms with Crippen LogP contribution >= 0.6 is 10.2 Å². The molecule has 2 atom stereocenters. The van der Waals surface area contributed by atoms with E-state index in [1.807, 2.05) is 41.4 Å². The number of carbonyl (C=O) groups excluding carboxylic acids is 1. The van der Waals surface area contributed by atoms with Crippen molar-refractivity contribution in [3.05, 3.63) is 72.9 Å². The molecule has 0 bridgehead atoms. The van der Waals surface area contributed by atoms with Gasteiger partial charge in [0.2, 0.25) is 0 Å². The number of aryl methyl sites for hydroxylation is 1. The molecule has 2 unspecified atom stereocenters. The molecule has 190 valence electrons. The molecular formula is C25H31N7O3S. The van der Waals surface area contributed by atoms with Gasteiger partial charge in [0.15, 0.2) is 5.78 Å². The predicted octanol–water partition coefficient (Wildman–Crippen LogP) is 2.75. The molecule has 2 aliphatic rings. The van der Waals surface area contributed by atoms with E-state index >= 15 is 0 Å². The predicted molar refractivity (Wildman–Crippen MR) is 144 cm³/mol. The molecule has 0 saturated carbocycles. The molecule has 1 fully saturated rings. The number of Topliss-reactive ketones (excluding diaryl/α,β-unsaturated/α-hetero) is 1. The topological polar surface area (TPSA) is 142 Å². The van der Waals surface area contributed by atoms with E-state index < -0.39 is 10.2 Å². The summed E-state index contributed by atoms with van der Waals surface area (Å²) in [5.74, 6) is 0.642. The highest BCUT2D eigenvalue weighted by molar-refractivity contribution is 8.42. The second kappa shape index (κ2) is 9.30. The van der Waals surface area contributed by atoms with Crippen molar-refractivity contribution in [1.82, 2.24) is 14.1 Å². The van der Waals surface area contributed by atoms with E-state index in [2.05, 4.69) is 14.5 Å². The summed E-state index contributed by atoms with van der Waals surface area (Å²) < 4.78 is 6.57. The lowest BCUT2D eigenvalue weighted by molar-refractivity contribution is 0.0970. The van der Waals surface area contributed by atoms with Gasteiger partial charge in [-0.05, 0) is 42.1 Å². The number of hydrogen-bond acceptors (Lipinski definition) is 8. The SMILES string of the molecule is Cc1cccc(C(=O)Cn2cnc3c(CN)c(N4CCCC(N)C4)n(CC4=CS4(C)N=O)c3c2=O)c1. The Morgan fingerprint density at radius 3 is 2.81 bits per heavy atom. The first kappa shape index (κ1) is 24.4. The third-order valence-electron chi connectivity index (χ3n) is 7.01. The molecule has 0 amide bonds. The summed E-state index contributed by atoms with van der Waals surface area (Å²) in [6.07, 6.45) is 5.12. The largest absolute Gasteiger partial charge is 0.356 e. The van der Waals surface area contributed by atoms with Crippen molar-refractivity contribution in [2.75, 3.05) is 24.2 Å². The molecule has 36 heavy (non-hydrogen) atoms. The Morgan fingerprint density at radius 2 is 2.14 bits per heavy atom. The first-order chi connectivity index (χ1) is 17.3. The number of anilines is 1. The number of rotatable bonds is 8. The van der Waals surface area contributed by atoms with Gasteiger partial charge in [0.25, 0.3) is 5.56 Å². The third-order valence-corrected chi connectivity index (χ3v) is 9.12. The molecule has 3 aromatic rings. The molecular weight excluding hydrogens is 478 g/mol. The second-order valence-corrected chi connectivity index (χ2v) is 12.5. The summed E-state index contributed by atoms with van der Waals surface area (Å²) in [4.78, 5) is 45.9. The van der Waals surface area contributed by atoms with Crippen LogP contribution in [0, 0.1) is 11.8 Å². The van der Waals surface area contributed by atoms with Crippen LogP contribution in [0.2, 0.25) is 0 Å². The Hall–Kier alpha value is -3.28. The minimum atomic E-state index is -1.78. The van der Waals surface area contributed by atoms with E-state index in [9.17, 15) is 14.5 Å². The second-order valence-electron chi connectivity index (χ2n) is 9.70. The fourth-order valence-corrected chi connectivity index (χ4v) is 6.51. The standard InChI is InChI=1S/C25H31N7O3S/c1-16-5-3-6-17(9-16)21(33)13-31-15-28-22-20(10-26)24(30-8-4-7-18(27)11-30)32(23(22)25(31)34)12-19-14-36(19,2)29-35/h3,5-6,9,14-15,18H,4,7-8,10-13,26-27H2,1-2H3. The zero-order valence-electron chi connectivity index (χ0n) is 20.5. The number of hydrogen-bond donors (Lipinski definition) is 2. The Kier molecular flexibility index (Phi) is 6.31. The van der Waals surface area contributed by atoms with Crippen LogP contribution in [0.25, 0.3) is 11.0 Å². The molecule has 1 saturated heterocycles. The molecule has 10 nitrogen and oxygen atoms in total. The van der Waals surface area contributed by atoms with Gasteiger partial charge >= 0.3 is 0 Å². The summed E-state index contributed by atoms with van der Waals surface area (Å²) in [6.45, 7) is 3.76. The van der Waals surface area contributed by atoms with E-state index in [4.69, 9.17) is 11.5 Å². The lowest BCUT2D eigenvalue weighted by atomic mass is 10.1. The van der Waals surface area contributed by atoms with Gasteiger partial charge in [-0.2, -0.15) is 0 Å². The van der Waals surface area contributed by atoms with Crippen LogP contribution in [-0.2, 0) is 19.6 Å². The number of fused-ring (bicyclic) bond motifs is 1. The first-order valence-electron chi connectivity index (χ1n) is 12.0. The lowest BCUT2D eigenvalue weighted by Crippen LogP contribution is -2.44. The summed E-state index contributed by atoms with van der Waals surface area (Å²) in [7, 11) is -1.78. The van der Waals surface area contributed by atoms with Gasteiger partial charge in [0, 0.05) is 41.7 Å². The molecule has 2 aromatic heterocycles. The third kappa shape index (κ3) is 4.27. The van der Waals surface area contributed by atoms with Crippen LogP contribution in [0.1, 0.15) is 34.3 Å². The number of aromatic nitrogens is 3. The number of allylic oxidation sites excluding steroid dienone is 1. The Labute approximate surface area is 210 Å². The summed E-state index contributed by atoms with van der Waals surface area (Å²) in [5.41, 5.74) is 15.4. The van der Waals surface area contributed by atoms with E-state index in [-0.39, 0.29) is 30.5 Å². The lowest BCUT2D eigenvalue weighted by Gasteiger charge is -2.34. The van der Waals surface area contributed by atoms with Gasteiger partial charge < -0.3 is 20.9 Å². The van der Waals surface area contributed by atoms with Gasteiger partial charge in [-0.25, -0.2) is 4.98 Å². The van der Waals surface area contributed by atoms with Crippen LogP contribution in [0.4, 0.5) is 5.82 Å². The zero-order valence-corrected chi connectivity index (χ0v) is 21.3. The van der Waals surface area contributed by atoms with Gasteiger partial charge in [-0.3, -0.25) is 14.2 Å². The number of benzene rings is 1. The molecule has 0 aliphatic carbocycles. The van der Waals surface area contributed by atoms with E-state index in [0.717, 1.165) is 41.2 Å². The van der Waals surface area contributed by atoms with Crippen molar-refractivity contribution in [1.29, 1.82) is 0 Å². The highest BCUT2D eigenvalue weighted by Crippen LogP contribution is 2.69. The Morgan fingerprint density at radius 1 is 1.33 bits per heavy atom. The van der Waals surface area contributed by atoms with Crippen molar-refractivity contribution >= 4 is 32.8 Å². The number of nitrogens with zero attached hydrogens (tertiary/aromatic N) is 5. The minimum Gasteiger partial charge on any atom is -0.356 e. The fourth-order valence-electron chi connectivity index (χ4n) is 5.03. The maximum atomic E-state index is 13.8. The molecule has 4 heterocycles. The fraction of sp³-hybridized carbons (Fsp3) is 0.400. The van der Waals surface area contributed by atoms with Crippen molar-refractivity contribution in [2.45, 2.75) is 45.4 Å². The monoisotopic (exact) mass is 509 g/mol. The van der Waals surface area contributed by atoms with Gasteiger partial charge in [0.05, 0.1) is 19.4 Å². The zero-order chi connectivity index (χ0) is 25.6.